The number of carboxylic acid groups (broad SMARTS) is 1. The SMILES string of the molecule is CN(CC(=O)N1CCCC1)C(=O)NCC(C)(C)C(=O)O. The maximum Gasteiger partial charge on any atom is 0.317 e. The molecule has 0 aromatic heterocycles. The number of likely N-dealkylation sites (N-methyl/N-ethyl adjacent to an activating group) is 1. The summed E-state index contributed by atoms with van der Waals surface area (Å²) in [5.41, 5.74) is -1.03. The van der Waals surface area contributed by atoms with Gasteiger partial charge < -0.3 is 20.2 Å². The van der Waals surface area contributed by atoms with Crippen molar-refractivity contribution < 1.29 is 19.5 Å². The maximum absolute atomic E-state index is 11.9. The lowest BCUT2D eigenvalue weighted by Gasteiger charge is -2.24. The number of carbonyl (C=O) groups excluding carboxylic acids is 2. The fourth-order valence-corrected chi connectivity index (χ4v) is 1.85. The number of amides is 3. The van der Waals surface area contributed by atoms with Crippen molar-refractivity contribution in [1.29, 1.82) is 0 Å². The summed E-state index contributed by atoms with van der Waals surface area (Å²) in [6, 6.07) is -0.438. The van der Waals surface area contributed by atoms with Crippen molar-refractivity contribution in [3.63, 3.8) is 0 Å². The number of hydrogen-bond donors (Lipinski definition) is 2. The standard InChI is InChI=1S/C13H23N3O4/c1-13(2,11(18)19)9-14-12(20)15(3)8-10(17)16-6-4-5-7-16/h4-9H2,1-3H3,(H,14,20)(H,18,19). The summed E-state index contributed by atoms with van der Waals surface area (Å²) in [6.45, 7) is 4.60. The molecule has 1 saturated heterocycles. The minimum absolute atomic E-state index is 0.0132. The van der Waals surface area contributed by atoms with E-state index in [1.165, 1.54) is 25.8 Å². The van der Waals surface area contributed by atoms with E-state index in [0.717, 1.165) is 25.9 Å². The van der Waals surface area contributed by atoms with Crippen molar-refractivity contribution in [1.82, 2.24) is 15.1 Å². The summed E-state index contributed by atoms with van der Waals surface area (Å²) in [7, 11) is 1.52. The third-order valence-corrected chi connectivity index (χ3v) is 3.44. The summed E-state index contributed by atoms with van der Waals surface area (Å²) in [6.07, 6.45) is 2.02. The van der Waals surface area contributed by atoms with Gasteiger partial charge in [-0.3, -0.25) is 9.59 Å². The van der Waals surface area contributed by atoms with E-state index in [1.54, 1.807) is 4.90 Å². The van der Waals surface area contributed by atoms with Crippen molar-refractivity contribution in [2.24, 2.45) is 5.41 Å². The van der Waals surface area contributed by atoms with E-state index in [-0.39, 0.29) is 19.0 Å². The van der Waals surface area contributed by atoms with Crippen LogP contribution in [0.3, 0.4) is 0 Å². The molecule has 114 valence electrons. The van der Waals surface area contributed by atoms with Gasteiger partial charge in [-0.1, -0.05) is 0 Å². The van der Waals surface area contributed by atoms with Crippen LogP contribution in [0.15, 0.2) is 0 Å². The molecule has 1 fully saturated rings. The van der Waals surface area contributed by atoms with Gasteiger partial charge in [0.2, 0.25) is 5.91 Å². The second kappa shape index (κ2) is 6.58. The number of urea groups is 1. The molecule has 1 rings (SSSR count). The molecule has 0 aliphatic carbocycles. The molecular weight excluding hydrogens is 262 g/mol. The van der Waals surface area contributed by atoms with Crippen LogP contribution in [0.4, 0.5) is 4.79 Å². The van der Waals surface area contributed by atoms with E-state index < -0.39 is 17.4 Å². The summed E-state index contributed by atoms with van der Waals surface area (Å²) in [5.74, 6) is -1.05. The van der Waals surface area contributed by atoms with E-state index in [0.29, 0.717) is 0 Å². The van der Waals surface area contributed by atoms with E-state index in [9.17, 15) is 14.4 Å². The first-order valence-electron chi connectivity index (χ1n) is 6.74. The third-order valence-electron chi connectivity index (χ3n) is 3.44. The molecule has 0 aromatic rings. The summed E-state index contributed by atoms with van der Waals surface area (Å²) in [5, 5.41) is 11.5. The van der Waals surface area contributed by atoms with Gasteiger partial charge in [-0.2, -0.15) is 0 Å². The van der Waals surface area contributed by atoms with Gasteiger partial charge in [0.05, 0.1) is 5.41 Å². The number of nitrogens with zero attached hydrogens (tertiary/aromatic N) is 2. The van der Waals surface area contributed by atoms with E-state index in [4.69, 9.17) is 5.11 Å². The quantitative estimate of drug-likeness (QED) is 0.763. The zero-order valence-corrected chi connectivity index (χ0v) is 12.3. The average molecular weight is 285 g/mol. The van der Waals surface area contributed by atoms with Crippen molar-refractivity contribution in [2.45, 2.75) is 26.7 Å². The number of likely N-dealkylation sites (tertiary alicyclic amines) is 1. The Morgan fingerprint density at radius 1 is 1.25 bits per heavy atom. The number of aliphatic carboxylic acids is 1. The summed E-state index contributed by atoms with van der Waals surface area (Å²) in [4.78, 5) is 37.6. The molecule has 7 nitrogen and oxygen atoms in total. The number of hydrogen-bond acceptors (Lipinski definition) is 3. The smallest absolute Gasteiger partial charge is 0.317 e. The number of nitrogens with one attached hydrogen (secondary N) is 1. The Morgan fingerprint density at radius 3 is 2.30 bits per heavy atom. The molecule has 0 atom stereocenters. The molecule has 0 unspecified atom stereocenters. The predicted molar refractivity (Wildman–Crippen MR) is 73.3 cm³/mol. The number of carbonyl (C=O) groups is 3. The highest BCUT2D eigenvalue weighted by atomic mass is 16.4. The van der Waals surface area contributed by atoms with Crippen molar-refractivity contribution >= 4 is 17.9 Å². The molecule has 0 radical (unpaired) electrons. The van der Waals surface area contributed by atoms with Crippen LogP contribution in [0.25, 0.3) is 0 Å². The van der Waals surface area contributed by atoms with Gasteiger partial charge in [-0.15, -0.1) is 0 Å². The van der Waals surface area contributed by atoms with Crippen LogP contribution in [0.2, 0.25) is 0 Å². The van der Waals surface area contributed by atoms with E-state index >= 15 is 0 Å². The van der Waals surface area contributed by atoms with Crippen molar-refractivity contribution in [3.8, 4) is 0 Å². The molecule has 20 heavy (non-hydrogen) atoms. The first-order chi connectivity index (χ1) is 9.24. The van der Waals surface area contributed by atoms with E-state index in [2.05, 4.69) is 5.32 Å². The molecule has 1 aliphatic rings. The molecule has 0 aromatic carbocycles. The first-order valence-corrected chi connectivity index (χ1v) is 6.74. The average Bonchev–Trinajstić information content (AvgIpc) is 2.89. The minimum Gasteiger partial charge on any atom is -0.481 e. The fourth-order valence-electron chi connectivity index (χ4n) is 1.85. The highest BCUT2D eigenvalue weighted by Gasteiger charge is 2.28. The Hall–Kier alpha value is -1.79. The monoisotopic (exact) mass is 285 g/mol. The van der Waals surface area contributed by atoms with Crippen molar-refractivity contribution in [3.05, 3.63) is 0 Å². The maximum atomic E-state index is 11.9. The Bertz CT molecular complexity index is 389. The van der Waals surface area contributed by atoms with Crippen LogP contribution < -0.4 is 5.32 Å². The van der Waals surface area contributed by atoms with Crippen LogP contribution in [0.1, 0.15) is 26.7 Å². The Kier molecular flexibility index (Phi) is 5.35. The molecule has 3 amide bonds. The predicted octanol–water partition coefficient (Wildman–Crippen LogP) is 0.361. The molecular formula is C13H23N3O4. The zero-order valence-electron chi connectivity index (χ0n) is 12.3. The van der Waals surface area contributed by atoms with Crippen LogP contribution in [0.5, 0.6) is 0 Å². The van der Waals surface area contributed by atoms with Gasteiger partial charge >= 0.3 is 12.0 Å². The summed E-state index contributed by atoms with van der Waals surface area (Å²) >= 11 is 0. The molecule has 1 heterocycles. The van der Waals surface area contributed by atoms with Crippen LogP contribution in [-0.2, 0) is 9.59 Å². The van der Waals surface area contributed by atoms with Gasteiger partial charge in [-0.05, 0) is 26.7 Å². The van der Waals surface area contributed by atoms with Crippen LogP contribution in [-0.4, -0.2) is 66.0 Å². The van der Waals surface area contributed by atoms with E-state index in [1.807, 2.05) is 0 Å². The summed E-state index contributed by atoms with van der Waals surface area (Å²) < 4.78 is 0. The second-order valence-electron chi connectivity index (χ2n) is 5.79. The molecule has 2 N–H and O–H groups in total. The first kappa shape index (κ1) is 16.3. The van der Waals surface area contributed by atoms with Gasteiger partial charge in [0.25, 0.3) is 0 Å². The minimum atomic E-state index is -1.03. The topological polar surface area (TPSA) is 90.0 Å². The fraction of sp³-hybridized carbons (Fsp3) is 0.769. The number of carboxylic acids is 1. The molecule has 0 saturated carbocycles. The lowest BCUT2D eigenvalue weighted by atomic mass is 9.94. The van der Waals surface area contributed by atoms with Crippen molar-refractivity contribution in [2.75, 3.05) is 33.2 Å². The Morgan fingerprint density at radius 2 is 1.80 bits per heavy atom. The lowest BCUT2D eigenvalue weighted by molar-refractivity contribution is -0.146. The zero-order chi connectivity index (χ0) is 15.3. The molecule has 1 aliphatic heterocycles. The van der Waals surface area contributed by atoms with Crippen LogP contribution in [0, 0.1) is 5.41 Å². The highest BCUT2D eigenvalue weighted by Crippen LogP contribution is 2.13. The van der Waals surface area contributed by atoms with Gasteiger partial charge in [0.15, 0.2) is 0 Å². The Balaban J connectivity index is 2.39. The normalized spacial score (nSPS) is 15.1. The van der Waals surface area contributed by atoms with Gasteiger partial charge in [0, 0.05) is 26.7 Å². The number of rotatable bonds is 5. The largest absolute Gasteiger partial charge is 0.481 e. The lowest BCUT2D eigenvalue weighted by Crippen LogP contribution is -2.47. The van der Waals surface area contributed by atoms with Gasteiger partial charge in [-0.25, -0.2) is 4.79 Å². The molecule has 0 spiro atoms. The Labute approximate surface area is 118 Å². The van der Waals surface area contributed by atoms with Gasteiger partial charge in [0.1, 0.15) is 6.54 Å². The van der Waals surface area contributed by atoms with Crippen LogP contribution >= 0.6 is 0 Å². The highest BCUT2D eigenvalue weighted by molar-refractivity contribution is 5.84. The third kappa shape index (κ3) is 4.40. The second-order valence-corrected chi connectivity index (χ2v) is 5.79. The molecule has 0 bridgehead atoms. The molecule has 7 heteroatoms.